The van der Waals surface area contributed by atoms with Gasteiger partial charge in [0.15, 0.2) is 5.78 Å². The monoisotopic (exact) mass is 541 g/mol. The zero-order valence-electron chi connectivity index (χ0n) is 17.0. The Morgan fingerprint density at radius 2 is 1.61 bits per heavy atom. The maximum absolute atomic E-state index is 13.7. The van der Waals surface area contributed by atoms with Gasteiger partial charge in [0.25, 0.3) is 10.0 Å². The molecule has 0 aliphatic carbocycles. The number of benzene rings is 3. The van der Waals surface area contributed by atoms with Gasteiger partial charge in [-0.2, -0.15) is 5.26 Å². The third-order valence-electron chi connectivity index (χ3n) is 5.44. The summed E-state index contributed by atoms with van der Waals surface area (Å²) < 4.78 is 29.1. The molecule has 0 radical (unpaired) electrons. The van der Waals surface area contributed by atoms with Crippen molar-refractivity contribution in [2.24, 2.45) is 5.73 Å². The molecule has 9 heteroatoms. The lowest BCUT2D eigenvalue weighted by Gasteiger charge is -2.29. The molecule has 0 aromatic heterocycles. The minimum Gasteiger partial charge on any atom is -0.384 e. The zero-order chi connectivity index (χ0) is 23.8. The van der Waals surface area contributed by atoms with Crippen LogP contribution in [0.4, 0.5) is 0 Å². The lowest BCUT2D eigenvalue weighted by atomic mass is 9.84. The summed E-state index contributed by atoms with van der Waals surface area (Å²) in [7, 11) is -4.29. The summed E-state index contributed by atoms with van der Waals surface area (Å²) in [4.78, 5) is 13.6. The Labute approximate surface area is 205 Å². The number of ketones is 1. The van der Waals surface area contributed by atoms with Crippen LogP contribution in [0.5, 0.6) is 0 Å². The van der Waals surface area contributed by atoms with E-state index in [1.54, 1.807) is 54.6 Å². The summed E-state index contributed by atoms with van der Waals surface area (Å²) in [5.74, 6) is -1.61. The fourth-order valence-electron chi connectivity index (χ4n) is 3.90. The van der Waals surface area contributed by atoms with Crippen LogP contribution in [0.25, 0.3) is 0 Å². The predicted molar refractivity (Wildman–Crippen MR) is 129 cm³/mol. The number of Topliss-reactive ketones (excluding diaryl/α,β-unsaturated/α-hetero) is 1. The molecule has 1 aliphatic rings. The van der Waals surface area contributed by atoms with Gasteiger partial charge in [0.2, 0.25) is 0 Å². The van der Waals surface area contributed by atoms with Gasteiger partial charge in [0.05, 0.1) is 22.5 Å². The Balaban J connectivity index is 1.94. The van der Waals surface area contributed by atoms with Crippen LogP contribution in [-0.2, 0) is 10.0 Å². The van der Waals surface area contributed by atoms with E-state index in [4.69, 9.17) is 17.3 Å². The van der Waals surface area contributed by atoms with Crippen molar-refractivity contribution in [1.82, 2.24) is 4.31 Å². The van der Waals surface area contributed by atoms with Crippen molar-refractivity contribution in [3.05, 3.63) is 111 Å². The Morgan fingerprint density at radius 3 is 2.18 bits per heavy atom. The second-order valence-corrected chi connectivity index (χ2v) is 10.5. The van der Waals surface area contributed by atoms with Gasteiger partial charge in [-0.15, -0.1) is 0 Å². The summed E-state index contributed by atoms with van der Waals surface area (Å²) in [6.45, 7) is 0. The number of halogens is 2. The van der Waals surface area contributed by atoms with Crippen LogP contribution in [0.3, 0.4) is 0 Å². The average Bonchev–Trinajstić information content (AvgIpc) is 3.12. The van der Waals surface area contributed by atoms with E-state index in [0.717, 1.165) is 8.78 Å². The van der Waals surface area contributed by atoms with Gasteiger partial charge >= 0.3 is 0 Å². The highest BCUT2D eigenvalue weighted by molar-refractivity contribution is 9.10. The summed E-state index contributed by atoms with van der Waals surface area (Å²) in [6, 6.07) is 21.7. The number of carbonyl (C=O) groups excluding carboxylic acids is 1. The third kappa shape index (κ3) is 4.15. The third-order valence-corrected chi connectivity index (χ3v) is 8.03. The van der Waals surface area contributed by atoms with Crippen LogP contribution in [-0.4, -0.2) is 24.5 Å². The molecule has 0 saturated carbocycles. The average molecular weight is 543 g/mol. The fraction of sp³-hybridized carbons (Fsp3) is 0.0833. The van der Waals surface area contributed by atoms with Crippen molar-refractivity contribution >= 4 is 43.3 Å². The summed E-state index contributed by atoms with van der Waals surface area (Å²) in [6.07, 6.45) is 0. The van der Waals surface area contributed by atoms with Crippen molar-refractivity contribution in [2.75, 3.05) is 0 Å². The maximum Gasteiger partial charge on any atom is 0.266 e. The van der Waals surface area contributed by atoms with Crippen molar-refractivity contribution in [3.8, 4) is 6.07 Å². The second kappa shape index (κ2) is 9.02. The largest absolute Gasteiger partial charge is 0.384 e. The first-order valence-corrected chi connectivity index (χ1v) is 12.4. The topological polar surface area (TPSA) is 104 Å². The van der Waals surface area contributed by atoms with Gasteiger partial charge in [-0.25, -0.2) is 12.7 Å². The molecule has 4 rings (SSSR count). The highest BCUT2D eigenvalue weighted by atomic mass is 79.9. The lowest BCUT2D eigenvalue weighted by molar-refractivity contribution is 0.0910. The van der Waals surface area contributed by atoms with Gasteiger partial charge in [0.1, 0.15) is 11.9 Å². The summed E-state index contributed by atoms with van der Waals surface area (Å²) in [5.41, 5.74) is 7.20. The number of rotatable bonds is 5. The minimum atomic E-state index is -4.29. The van der Waals surface area contributed by atoms with E-state index in [1.807, 2.05) is 6.07 Å². The zero-order valence-corrected chi connectivity index (χ0v) is 20.2. The molecule has 0 amide bonds. The summed E-state index contributed by atoms with van der Waals surface area (Å²) in [5, 5.41) is 10.3. The molecule has 0 fully saturated rings. The Morgan fingerprint density at radius 1 is 1.00 bits per heavy atom. The van der Waals surface area contributed by atoms with E-state index in [9.17, 15) is 18.5 Å². The minimum absolute atomic E-state index is 0.0177. The highest BCUT2D eigenvalue weighted by Crippen LogP contribution is 2.43. The number of nitrogens with two attached hydrogens (primary N) is 1. The molecule has 3 aromatic rings. The summed E-state index contributed by atoms with van der Waals surface area (Å²) >= 11 is 9.30. The molecular formula is C24H17BrClN3O3S. The van der Waals surface area contributed by atoms with Crippen molar-refractivity contribution in [3.63, 3.8) is 0 Å². The van der Waals surface area contributed by atoms with Gasteiger partial charge in [0, 0.05) is 15.1 Å². The number of carbonyl (C=O) groups is 1. The molecule has 3 aromatic carbocycles. The maximum atomic E-state index is 13.7. The first-order valence-electron chi connectivity index (χ1n) is 9.80. The molecule has 2 atom stereocenters. The quantitative estimate of drug-likeness (QED) is 0.465. The number of hydrogen-bond acceptors (Lipinski definition) is 5. The molecule has 1 heterocycles. The van der Waals surface area contributed by atoms with E-state index in [-0.39, 0.29) is 16.3 Å². The van der Waals surface area contributed by atoms with Crippen LogP contribution in [0, 0.1) is 11.3 Å². The lowest BCUT2D eigenvalue weighted by Crippen LogP contribution is -2.45. The van der Waals surface area contributed by atoms with Gasteiger partial charge in [-0.05, 0) is 42.0 Å². The van der Waals surface area contributed by atoms with Crippen LogP contribution < -0.4 is 5.73 Å². The molecule has 2 N–H and O–H groups in total. The first kappa shape index (κ1) is 23.1. The van der Waals surface area contributed by atoms with Crippen molar-refractivity contribution < 1.29 is 13.2 Å². The SMILES string of the molecule is N#CC1=C(N)N(S(=O)(=O)c2ccc(Cl)cc2)[C@H](C(=O)c2ccccc2)[C@@H]1c1ccc(Br)cc1. The first-order chi connectivity index (χ1) is 15.8. The van der Waals surface area contributed by atoms with Crippen LogP contribution >= 0.6 is 27.5 Å². The smallest absolute Gasteiger partial charge is 0.266 e. The Hall–Kier alpha value is -3.12. The molecule has 1 aliphatic heterocycles. The van der Waals surface area contributed by atoms with Crippen LogP contribution in [0.1, 0.15) is 21.8 Å². The van der Waals surface area contributed by atoms with Crippen molar-refractivity contribution in [2.45, 2.75) is 16.9 Å². The van der Waals surface area contributed by atoms with Gasteiger partial charge in [-0.3, -0.25) is 4.79 Å². The van der Waals surface area contributed by atoms with E-state index >= 15 is 0 Å². The second-order valence-electron chi connectivity index (χ2n) is 7.37. The molecule has 0 spiro atoms. The van der Waals surface area contributed by atoms with Crippen LogP contribution in [0.2, 0.25) is 5.02 Å². The van der Waals surface area contributed by atoms with E-state index < -0.39 is 27.8 Å². The van der Waals surface area contributed by atoms with E-state index in [1.165, 1.54) is 24.3 Å². The highest BCUT2D eigenvalue weighted by Gasteiger charge is 2.50. The molecule has 0 saturated heterocycles. The molecule has 33 heavy (non-hydrogen) atoms. The van der Waals surface area contributed by atoms with Crippen molar-refractivity contribution in [1.29, 1.82) is 5.26 Å². The standard InChI is InChI=1S/C24H17BrClN3O3S/c25-17-8-6-15(7-9-17)21-20(14-27)24(28)29(22(21)23(30)16-4-2-1-3-5-16)33(31,32)19-12-10-18(26)11-13-19/h1-13,21-22H,28H2/t21-,22+/m1/s1. The Kier molecular flexibility index (Phi) is 6.30. The number of nitrogens with zero attached hydrogens (tertiary/aromatic N) is 2. The number of nitriles is 1. The predicted octanol–water partition coefficient (Wildman–Crippen LogP) is 4.84. The van der Waals surface area contributed by atoms with E-state index in [2.05, 4.69) is 15.9 Å². The van der Waals surface area contributed by atoms with Crippen LogP contribution in [0.15, 0.2) is 99.6 Å². The Bertz CT molecular complexity index is 1380. The number of sulfonamides is 1. The van der Waals surface area contributed by atoms with E-state index in [0.29, 0.717) is 16.1 Å². The van der Waals surface area contributed by atoms with Gasteiger partial charge < -0.3 is 5.73 Å². The number of hydrogen-bond donors (Lipinski definition) is 1. The molecule has 0 bridgehead atoms. The molecule has 166 valence electrons. The fourth-order valence-corrected chi connectivity index (χ4v) is 5.87. The van der Waals surface area contributed by atoms with Gasteiger partial charge in [-0.1, -0.05) is 70.0 Å². The molecular weight excluding hydrogens is 526 g/mol. The molecule has 6 nitrogen and oxygen atoms in total. The molecule has 0 unspecified atom stereocenters. The normalized spacial score (nSPS) is 18.3.